The van der Waals surface area contributed by atoms with E-state index in [-0.39, 0.29) is 5.82 Å². The highest BCUT2D eigenvalue weighted by Gasteiger charge is 2.14. The van der Waals surface area contributed by atoms with E-state index >= 15 is 0 Å². The van der Waals surface area contributed by atoms with Crippen LogP contribution in [0.15, 0.2) is 46.9 Å². The van der Waals surface area contributed by atoms with Gasteiger partial charge in [-0.1, -0.05) is 30.3 Å². The molecule has 0 spiro atoms. The Hall–Kier alpha value is -1.98. The first-order chi connectivity index (χ1) is 10.1. The van der Waals surface area contributed by atoms with Crippen molar-refractivity contribution in [3.8, 4) is 11.3 Å². The number of hydrogen-bond donors (Lipinski definition) is 2. The number of hydrazine groups is 1. The number of anilines is 1. The minimum Gasteiger partial charge on any atom is -0.323 e. The molecule has 3 aromatic rings. The Morgan fingerprint density at radius 3 is 2.57 bits per heavy atom. The minimum atomic E-state index is -0.346. The fraction of sp³-hybridized carbons (Fsp3) is 0.0625. The van der Waals surface area contributed by atoms with Gasteiger partial charge in [0.15, 0.2) is 0 Å². The quantitative estimate of drug-likeness (QED) is 0.534. The summed E-state index contributed by atoms with van der Waals surface area (Å²) in [7, 11) is 0. The number of nitrogens with zero attached hydrogens (tertiary/aromatic N) is 1. The molecular weight excluding hydrogens is 333 g/mol. The highest BCUT2D eigenvalue weighted by molar-refractivity contribution is 9.10. The summed E-state index contributed by atoms with van der Waals surface area (Å²) >= 11 is 3.20. The average Bonchev–Trinajstić information content (AvgIpc) is 2.50. The molecular formula is C16H13BrFN3. The Morgan fingerprint density at radius 2 is 1.90 bits per heavy atom. The first-order valence-corrected chi connectivity index (χ1v) is 7.22. The Labute approximate surface area is 130 Å². The van der Waals surface area contributed by atoms with Gasteiger partial charge in [0.2, 0.25) is 0 Å². The summed E-state index contributed by atoms with van der Waals surface area (Å²) in [6.45, 7) is 1.95. The van der Waals surface area contributed by atoms with Gasteiger partial charge < -0.3 is 5.43 Å². The van der Waals surface area contributed by atoms with Crippen LogP contribution in [0.4, 0.5) is 10.1 Å². The lowest BCUT2D eigenvalue weighted by Crippen LogP contribution is -2.10. The molecule has 0 radical (unpaired) electrons. The van der Waals surface area contributed by atoms with Gasteiger partial charge in [0.25, 0.3) is 0 Å². The predicted molar refractivity (Wildman–Crippen MR) is 87.4 cm³/mol. The largest absolute Gasteiger partial charge is 0.323 e. The van der Waals surface area contributed by atoms with Crippen LogP contribution in [0, 0.1) is 12.7 Å². The lowest BCUT2D eigenvalue weighted by Gasteiger charge is -2.14. The molecule has 0 saturated heterocycles. The van der Waals surface area contributed by atoms with Crippen LogP contribution in [0.25, 0.3) is 22.2 Å². The Balaban J connectivity index is 2.38. The van der Waals surface area contributed by atoms with E-state index < -0.39 is 0 Å². The van der Waals surface area contributed by atoms with E-state index in [4.69, 9.17) is 5.84 Å². The van der Waals surface area contributed by atoms with Crippen LogP contribution in [0.2, 0.25) is 0 Å². The fourth-order valence-electron chi connectivity index (χ4n) is 2.42. The Bertz CT molecular complexity index is 819. The van der Waals surface area contributed by atoms with E-state index in [1.807, 2.05) is 37.3 Å². The number of benzene rings is 2. The first-order valence-electron chi connectivity index (χ1n) is 6.43. The van der Waals surface area contributed by atoms with Crippen molar-refractivity contribution < 1.29 is 4.39 Å². The van der Waals surface area contributed by atoms with Gasteiger partial charge in [0, 0.05) is 22.6 Å². The van der Waals surface area contributed by atoms with E-state index in [0.29, 0.717) is 9.99 Å². The topological polar surface area (TPSA) is 50.9 Å². The maximum absolute atomic E-state index is 13.8. The van der Waals surface area contributed by atoms with Crippen molar-refractivity contribution in [3.05, 3.63) is 58.3 Å². The van der Waals surface area contributed by atoms with E-state index in [1.165, 1.54) is 6.07 Å². The molecule has 0 bridgehead atoms. The van der Waals surface area contributed by atoms with Crippen molar-refractivity contribution in [1.82, 2.24) is 4.98 Å². The summed E-state index contributed by atoms with van der Waals surface area (Å²) in [4.78, 5) is 4.60. The van der Waals surface area contributed by atoms with Gasteiger partial charge in [-0.25, -0.2) is 9.37 Å². The zero-order valence-electron chi connectivity index (χ0n) is 11.3. The minimum absolute atomic E-state index is 0.346. The number of nitrogens with one attached hydrogen (secondary N) is 1. The molecule has 3 N–H and O–H groups in total. The molecule has 3 rings (SSSR count). The molecule has 1 aromatic heterocycles. The van der Waals surface area contributed by atoms with Crippen molar-refractivity contribution in [2.75, 3.05) is 5.43 Å². The van der Waals surface area contributed by atoms with Crippen LogP contribution < -0.4 is 11.3 Å². The predicted octanol–water partition coefficient (Wildman–Crippen LogP) is 4.40. The second kappa shape index (κ2) is 5.42. The SMILES string of the molecule is Cc1c(-c2ccccc2)nc2cc(F)c(Br)cc2c1NN. The van der Waals surface area contributed by atoms with Crippen LogP contribution in [0.5, 0.6) is 0 Å². The molecule has 106 valence electrons. The van der Waals surface area contributed by atoms with Gasteiger partial charge in [-0.05, 0) is 28.9 Å². The molecule has 5 heteroatoms. The summed E-state index contributed by atoms with van der Waals surface area (Å²) in [5.41, 5.74) is 6.71. The van der Waals surface area contributed by atoms with Crippen molar-refractivity contribution in [1.29, 1.82) is 0 Å². The molecule has 0 atom stereocenters. The zero-order valence-corrected chi connectivity index (χ0v) is 12.9. The second-order valence-corrected chi connectivity index (χ2v) is 5.61. The van der Waals surface area contributed by atoms with Crippen LogP contribution in [-0.4, -0.2) is 4.98 Å². The molecule has 2 aromatic carbocycles. The fourth-order valence-corrected chi connectivity index (χ4v) is 2.76. The van der Waals surface area contributed by atoms with Gasteiger partial charge in [-0.3, -0.25) is 5.84 Å². The van der Waals surface area contributed by atoms with Crippen LogP contribution in [-0.2, 0) is 0 Å². The van der Waals surface area contributed by atoms with Gasteiger partial charge in [-0.2, -0.15) is 0 Å². The number of nitrogen functional groups attached to an aromatic ring is 1. The van der Waals surface area contributed by atoms with Gasteiger partial charge in [0.05, 0.1) is 21.4 Å². The van der Waals surface area contributed by atoms with Crippen LogP contribution in [0.3, 0.4) is 0 Å². The maximum Gasteiger partial charge on any atom is 0.139 e. The zero-order chi connectivity index (χ0) is 15.0. The smallest absolute Gasteiger partial charge is 0.139 e. The lowest BCUT2D eigenvalue weighted by molar-refractivity contribution is 0.623. The highest BCUT2D eigenvalue weighted by Crippen LogP contribution is 2.34. The molecule has 0 aliphatic rings. The number of pyridine rings is 1. The molecule has 0 unspecified atom stereocenters. The van der Waals surface area contributed by atoms with E-state index in [0.717, 1.165) is 27.9 Å². The van der Waals surface area contributed by atoms with E-state index in [2.05, 4.69) is 26.3 Å². The number of rotatable bonds is 2. The molecule has 0 amide bonds. The number of hydrogen-bond acceptors (Lipinski definition) is 3. The third-order valence-electron chi connectivity index (χ3n) is 3.46. The summed E-state index contributed by atoms with van der Waals surface area (Å²) in [6, 6.07) is 12.9. The van der Waals surface area contributed by atoms with Crippen molar-refractivity contribution >= 4 is 32.5 Å². The van der Waals surface area contributed by atoms with Gasteiger partial charge in [-0.15, -0.1) is 0 Å². The molecule has 0 aliphatic carbocycles. The Kier molecular flexibility index (Phi) is 3.61. The van der Waals surface area contributed by atoms with E-state index in [1.54, 1.807) is 6.07 Å². The van der Waals surface area contributed by atoms with Gasteiger partial charge in [0.1, 0.15) is 5.82 Å². The summed E-state index contributed by atoms with van der Waals surface area (Å²) in [5.74, 6) is 5.32. The van der Waals surface area contributed by atoms with Crippen molar-refractivity contribution in [2.24, 2.45) is 5.84 Å². The third-order valence-corrected chi connectivity index (χ3v) is 4.07. The lowest BCUT2D eigenvalue weighted by atomic mass is 10.0. The summed E-state index contributed by atoms with van der Waals surface area (Å²) in [5, 5.41) is 0.781. The summed E-state index contributed by atoms with van der Waals surface area (Å²) < 4.78 is 14.2. The molecule has 21 heavy (non-hydrogen) atoms. The molecule has 1 heterocycles. The van der Waals surface area contributed by atoms with Crippen LogP contribution in [0.1, 0.15) is 5.56 Å². The second-order valence-electron chi connectivity index (χ2n) is 4.75. The van der Waals surface area contributed by atoms with E-state index in [9.17, 15) is 4.39 Å². The monoisotopic (exact) mass is 345 g/mol. The van der Waals surface area contributed by atoms with Crippen molar-refractivity contribution in [3.63, 3.8) is 0 Å². The molecule has 3 nitrogen and oxygen atoms in total. The Morgan fingerprint density at radius 1 is 1.19 bits per heavy atom. The average molecular weight is 346 g/mol. The number of halogens is 2. The normalized spacial score (nSPS) is 10.9. The summed E-state index contributed by atoms with van der Waals surface area (Å²) in [6.07, 6.45) is 0. The third kappa shape index (κ3) is 2.39. The first kappa shape index (κ1) is 14.0. The molecule has 0 saturated carbocycles. The van der Waals surface area contributed by atoms with Gasteiger partial charge >= 0.3 is 0 Å². The standard InChI is InChI=1S/C16H13BrFN3/c1-9-15(10-5-3-2-4-6-10)20-14-8-13(18)12(17)7-11(14)16(9)21-19/h2-8H,19H2,1H3,(H,20,21). The number of nitrogens with two attached hydrogens (primary N) is 1. The highest BCUT2D eigenvalue weighted by atomic mass is 79.9. The molecule has 0 aliphatic heterocycles. The number of fused-ring (bicyclic) bond motifs is 1. The number of aromatic nitrogens is 1. The maximum atomic E-state index is 13.8. The van der Waals surface area contributed by atoms with Crippen LogP contribution >= 0.6 is 15.9 Å². The molecule has 0 fully saturated rings. The van der Waals surface area contributed by atoms with Crippen molar-refractivity contribution in [2.45, 2.75) is 6.92 Å².